The molecule has 0 aliphatic rings. The van der Waals surface area contributed by atoms with E-state index in [2.05, 4.69) is 15.5 Å². The van der Waals surface area contributed by atoms with Crippen molar-refractivity contribution in [2.75, 3.05) is 5.32 Å². The number of rotatable bonds is 5. The van der Waals surface area contributed by atoms with E-state index in [0.717, 1.165) is 22.0 Å². The molecule has 0 aliphatic heterocycles. The first-order valence-corrected chi connectivity index (χ1v) is 9.90. The Hall–Kier alpha value is -2.83. The molecule has 4 rings (SSSR count). The molecule has 1 heterocycles. The number of halogens is 1. The number of aromatic nitrogens is 2. The summed E-state index contributed by atoms with van der Waals surface area (Å²) in [5.41, 5.74) is 1.51. The summed E-state index contributed by atoms with van der Waals surface area (Å²) in [4.78, 5) is 12.6. The van der Waals surface area contributed by atoms with Crippen LogP contribution in [0.15, 0.2) is 76.4 Å². The SMILES string of the molecule is C[C@H](Sc1nnc(-c2cccc(Cl)c2)o1)C(=O)Nc1cccc2ccccc12. The zero-order valence-electron chi connectivity index (χ0n) is 14.9. The van der Waals surface area contributed by atoms with E-state index >= 15 is 0 Å². The molecule has 140 valence electrons. The minimum atomic E-state index is -0.411. The van der Waals surface area contributed by atoms with E-state index in [1.807, 2.05) is 54.6 Å². The summed E-state index contributed by atoms with van der Waals surface area (Å²) in [6.45, 7) is 1.80. The van der Waals surface area contributed by atoms with E-state index in [9.17, 15) is 4.79 Å². The number of thioether (sulfide) groups is 1. The number of nitrogens with zero attached hydrogens (tertiary/aromatic N) is 2. The number of amides is 1. The van der Waals surface area contributed by atoms with Gasteiger partial charge in [0.05, 0.1) is 5.25 Å². The van der Waals surface area contributed by atoms with Crippen LogP contribution >= 0.6 is 23.4 Å². The normalized spacial score (nSPS) is 12.1. The topological polar surface area (TPSA) is 68.0 Å². The highest BCUT2D eigenvalue weighted by molar-refractivity contribution is 8.00. The van der Waals surface area contributed by atoms with Crippen LogP contribution in [0.1, 0.15) is 6.92 Å². The Morgan fingerprint density at radius 1 is 1.07 bits per heavy atom. The van der Waals surface area contributed by atoms with Gasteiger partial charge in [-0.3, -0.25) is 4.79 Å². The maximum absolute atomic E-state index is 12.6. The summed E-state index contributed by atoms with van der Waals surface area (Å²) in [6.07, 6.45) is 0. The summed E-state index contributed by atoms with van der Waals surface area (Å²) in [6, 6.07) is 20.9. The highest BCUT2D eigenvalue weighted by Crippen LogP contribution is 2.29. The summed E-state index contributed by atoms with van der Waals surface area (Å²) < 4.78 is 5.67. The molecule has 0 radical (unpaired) electrons. The molecule has 0 aliphatic carbocycles. The number of carbonyl (C=O) groups is 1. The second-order valence-electron chi connectivity index (χ2n) is 6.16. The Kier molecular flexibility index (Phi) is 5.32. The standard InChI is InChI=1S/C21H16ClN3O2S/c1-13(19(26)23-18-11-5-7-14-6-2-3-10-17(14)18)28-21-25-24-20(27-21)15-8-4-9-16(22)12-15/h2-13H,1H3,(H,23,26)/t13-/m0/s1. The summed E-state index contributed by atoms with van der Waals surface area (Å²) in [7, 11) is 0. The average molecular weight is 410 g/mol. The zero-order valence-corrected chi connectivity index (χ0v) is 16.5. The van der Waals surface area contributed by atoms with Gasteiger partial charge in [-0.25, -0.2) is 0 Å². The van der Waals surface area contributed by atoms with Gasteiger partial charge in [-0.15, -0.1) is 10.2 Å². The molecule has 4 aromatic rings. The lowest BCUT2D eigenvalue weighted by atomic mass is 10.1. The number of benzene rings is 3. The highest BCUT2D eigenvalue weighted by atomic mass is 35.5. The lowest BCUT2D eigenvalue weighted by molar-refractivity contribution is -0.115. The Morgan fingerprint density at radius 2 is 1.86 bits per heavy atom. The molecule has 0 saturated heterocycles. The van der Waals surface area contributed by atoms with E-state index in [1.54, 1.807) is 19.1 Å². The lowest BCUT2D eigenvalue weighted by Crippen LogP contribution is -2.22. The van der Waals surface area contributed by atoms with E-state index in [4.69, 9.17) is 16.0 Å². The van der Waals surface area contributed by atoms with Crippen molar-refractivity contribution in [1.29, 1.82) is 0 Å². The molecule has 3 aromatic carbocycles. The van der Waals surface area contributed by atoms with E-state index < -0.39 is 5.25 Å². The van der Waals surface area contributed by atoms with Crippen LogP contribution in [0.5, 0.6) is 0 Å². The van der Waals surface area contributed by atoms with Gasteiger partial charge in [-0.1, -0.05) is 65.8 Å². The van der Waals surface area contributed by atoms with Gasteiger partial charge in [0.2, 0.25) is 11.8 Å². The molecule has 0 bridgehead atoms. The molecule has 1 N–H and O–H groups in total. The maximum Gasteiger partial charge on any atom is 0.277 e. The first-order chi connectivity index (χ1) is 13.6. The smallest absolute Gasteiger partial charge is 0.277 e. The first-order valence-electron chi connectivity index (χ1n) is 8.65. The molecule has 0 spiro atoms. The predicted octanol–water partition coefficient (Wildman–Crippen LogP) is 5.66. The van der Waals surface area contributed by atoms with Gasteiger partial charge in [-0.05, 0) is 36.6 Å². The molecule has 7 heteroatoms. The fourth-order valence-electron chi connectivity index (χ4n) is 2.77. The third-order valence-corrected chi connectivity index (χ3v) is 5.34. The fraction of sp³-hybridized carbons (Fsp3) is 0.0952. The molecule has 0 unspecified atom stereocenters. The molecule has 0 saturated carbocycles. The van der Waals surface area contributed by atoms with Crippen molar-refractivity contribution >= 4 is 45.7 Å². The highest BCUT2D eigenvalue weighted by Gasteiger charge is 2.19. The van der Waals surface area contributed by atoms with Crippen molar-refractivity contribution in [3.8, 4) is 11.5 Å². The van der Waals surface area contributed by atoms with Crippen LogP contribution in [-0.4, -0.2) is 21.4 Å². The van der Waals surface area contributed by atoms with Crippen LogP contribution in [0.2, 0.25) is 5.02 Å². The van der Waals surface area contributed by atoms with Crippen molar-refractivity contribution in [3.63, 3.8) is 0 Å². The second kappa shape index (κ2) is 8.04. The van der Waals surface area contributed by atoms with Gasteiger partial charge < -0.3 is 9.73 Å². The van der Waals surface area contributed by atoms with Crippen LogP contribution in [0.4, 0.5) is 5.69 Å². The minimum absolute atomic E-state index is 0.135. The lowest BCUT2D eigenvalue weighted by Gasteiger charge is -2.12. The van der Waals surface area contributed by atoms with Gasteiger partial charge in [0.25, 0.3) is 5.22 Å². The fourth-order valence-corrected chi connectivity index (χ4v) is 3.64. The van der Waals surface area contributed by atoms with Gasteiger partial charge in [0, 0.05) is 21.7 Å². The van der Waals surface area contributed by atoms with Crippen LogP contribution in [0.25, 0.3) is 22.2 Å². The number of carbonyl (C=O) groups excluding carboxylic acids is 1. The van der Waals surface area contributed by atoms with Crippen LogP contribution in [0.3, 0.4) is 0 Å². The quantitative estimate of drug-likeness (QED) is 0.430. The third kappa shape index (κ3) is 4.03. The van der Waals surface area contributed by atoms with Crippen molar-refractivity contribution in [2.24, 2.45) is 0 Å². The second-order valence-corrected chi connectivity index (χ2v) is 7.89. The van der Waals surface area contributed by atoms with Crippen molar-refractivity contribution in [2.45, 2.75) is 17.4 Å². The van der Waals surface area contributed by atoms with Crippen LogP contribution in [-0.2, 0) is 4.79 Å². The van der Waals surface area contributed by atoms with Gasteiger partial charge in [0.1, 0.15) is 0 Å². The Balaban J connectivity index is 1.46. The number of hydrogen-bond donors (Lipinski definition) is 1. The summed E-state index contributed by atoms with van der Waals surface area (Å²) in [5.74, 6) is 0.232. The monoisotopic (exact) mass is 409 g/mol. The van der Waals surface area contributed by atoms with Crippen LogP contribution < -0.4 is 5.32 Å². The zero-order chi connectivity index (χ0) is 19.5. The van der Waals surface area contributed by atoms with Gasteiger partial charge >= 0.3 is 0 Å². The van der Waals surface area contributed by atoms with Gasteiger partial charge in [0.15, 0.2) is 0 Å². The third-order valence-electron chi connectivity index (χ3n) is 4.17. The van der Waals surface area contributed by atoms with E-state index in [-0.39, 0.29) is 5.91 Å². The summed E-state index contributed by atoms with van der Waals surface area (Å²) >= 11 is 7.21. The Morgan fingerprint density at radius 3 is 2.71 bits per heavy atom. The molecule has 5 nitrogen and oxygen atoms in total. The number of fused-ring (bicyclic) bond motifs is 1. The molecule has 0 fully saturated rings. The Labute approximate surface area is 171 Å². The summed E-state index contributed by atoms with van der Waals surface area (Å²) in [5, 5.41) is 13.6. The Bertz CT molecular complexity index is 1140. The van der Waals surface area contributed by atoms with Crippen LogP contribution in [0, 0.1) is 0 Å². The molecular formula is C21H16ClN3O2S. The average Bonchev–Trinajstić information content (AvgIpc) is 3.17. The molecule has 1 aromatic heterocycles. The number of anilines is 1. The maximum atomic E-state index is 12.6. The molecule has 1 atom stereocenters. The minimum Gasteiger partial charge on any atom is -0.411 e. The first kappa shape index (κ1) is 18.5. The largest absolute Gasteiger partial charge is 0.411 e. The molecule has 1 amide bonds. The molecule has 28 heavy (non-hydrogen) atoms. The predicted molar refractivity (Wildman–Crippen MR) is 113 cm³/mol. The number of hydrogen-bond acceptors (Lipinski definition) is 5. The van der Waals surface area contributed by atoms with Crippen molar-refractivity contribution < 1.29 is 9.21 Å². The number of nitrogens with one attached hydrogen (secondary N) is 1. The molecular weight excluding hydrogens is 394 g/mol. The van der Waals surface area contributed by atoms with E-state index in [1.165, 1.54) is 11.8 Å². The van der Waals surface area contributed by atoms with E-state index in [0.29, 0.717) is 16.1 Å². The van der Waals surface area contributed by atoms with Crippen molar-refractivity contribution in [3.05, 3.63) is 71.8 Å². The van der Waals surface area contributed by atoms with Gasteiger partial charge in [-0.2, -0.15) is 0 Å². The van der Waals surface area contributed by atoms with Crippen molar-refractivity contribution in [1.82, 2.24) is 10.2 Å².